The third-order valence-corrected chi connectivity index (χ3v) is 4.01. The summed E-state index contributed by atoms with van der Waals surface area (Å²) in [7, 11) is -4.10. The molecule has 0 spiro atoms. The van der Waals surface area contributed by atoms with Gasteiger partial charge in [0, 0.05) is 0 Å². The zero-order valence-corrected chi connectivity index (χ0v) is 11.6. The molecule has 0 fully saturated rings. The average Bonchev–Trinajstić information content (AvgIpc) is 2.38. The molecule has 21 heavy (non-hydrogen) atoms. The Balaban J connectivity index is 2.96. The van der Waals surface area contributed by atoms with Crippen molar-refractivity contribution in [3.05, 3.63) is 29.8 Å². The maximum Gasteiger partial charge on any atom is 0.322 e. The molecule has 0 aliphatic rings. The molecule has 0 saturated heterocycles. The van der Waals surface area contributed by atoms with Crippen molar-refractivity contribution in [3.63, 3.8) is 0 Å². The number of primary amides is 1. The van der Waals surface area contributed by atoms with Crippen LogP contribution in [0.4, 0.5) is 0 Å². The lowest BCUT2D eigenvalue weighted by Gasteiger charge is -2.13. The number of carboxylic acid groups (broad SMARTS) is 1. The van der Waals surface area contributed by atoms with E-state index in [2.05, 4.69) is 0 Å². The number of nitrogens with one attached hydrogen (secondary N) is 1. The molecule has 0 bridgehead atoms. The lowest BCUT2D eigenvalue weighted by molar-refractivity contribution is -0.140. The predicted octanol–water partition coefficient (Wildman–Crippen LogP) is -0.640. The Morgan fingerprint density at radius 1 is 1.33 bits per heavy atom. The molecule has 9 heteroatoms. The minimum absolute atomic E-state index is 0.132. The van der Waals surface area contributed by atoms with Gasteiger partial charge in [0.05, 0.1) is 23.8 Å². The third-order valence-electron chi connectivity index (χ3n) is 2.52. The van der Waals surface area contributed by atoms with E-state index >= 15 is 0 Å². The number of nitrogens with zero attached hydrogens (tertiary/aromatic N) is 1. The third kappa shape index (κ3) is 4.87. The normalized spacial score (nSPS) is 12.3. The summed E-state index contributed by atoms with van der Waals surface area (Å²) in [6.45, 7) is 0. The lowest BCUT2D eigenvalue weighted by atomic mass is 10.2. The molecule has 0 aromatic heterocycles. The van der Waals surface area contributed by atoms with E-state index in [-0.39, 0.29) is 11.3 Å². The van der Waals surface area contributed by atoms with Gasteiger partial charge in [0.2, 0.25) is 15.9 Å². The van der Waals surface area contributed by atoms with Crippen molar-refractivity contribution in [3.8, 4) is 6.07 Å². The molecule has 8 nitrogen and oxygen atoms in total. The Morgan fingerprint density at radius 3 is 2.33 bits per heavy atom. The SMILES string of the molecule is N#CCc1ccc(S(=O)(=O)NC(CC(N)=O)C(=O)O)cc1. The van der Waals surface area contributed by atoms with E-state index in [4.69, 9.17) is 16.1 Å². The zero-order chi connectivity index (χ0) is 16.0. The smallest absolute Gasteiger partial charge is 0.322 e. The fourth-order valence-electron chi connectivity index (χ4n) is 1.51. The van der Waals surface area contributed by atoms with E-state index in [9.17, 15) is 18.0 Å². The highest BCUT2D eigenvalue weighted by atomic mass is 32.2. The fourth-order valence-corrected chi connectivity index (χ4v) is 2.70. The summed E-state index contributed by atoms with van der Waals surface area (Å²) in [5.41, 5.74) is 5.50. The van der Waals surface area contributed by atoms with Crippen molar-refractivity contribution in [2.75, 3.05) is 0 Å². The van der Waals surface area contributed by atoms with Gasteiger partial charge in [-0.2, -0.15) is 9.98 Å². The van der Waals surface area contributed by atoms with Crippen molar-refractivity contribution in [2.24, 2.45) is 5.73 Å². The van der Waals surface area contributed by atoms with Crippen LogP contribution in [-0.4, -0.2) is 31.4 Å². The monoisotopic (exact) mass is 311 g/mol. The van der Waals surface area contributed by atoms with Crippen molar-refractivity contribution in [1.82, 2.24) is 4.72 Å². The summed E-state index contributed by atoms with van der Waals surface area (Å²) in [5.74, 6) is -2.44. The first kappa shape index (κ1) is 16.6. The average molecular weight is 311 g/mol. The van der Waals surface area contributed by atoms with Gasteiger partial charge in [-0.25, -0.2) is 8.42 Å². The molecule has 1 unspecified atom stereocenters. The summed E-state index contributed by atoms with van der Waals surface area (Å²) >= 11 is 0. The molecular formula is C12H13N3O5S. The first-order valence-corrected chi connectivity index (χ1v) is 7.24. The Hall–Kier alpha value is -2.44. The van der Waals surface area contributed by atoms with E-state index in [1.165, 1.54) is 24.3 Å². The summed E-state index contributed by atoms with van der Waals surface area (Å²) in [6.07, 6.45) is -0.520. The number of sulfonamides is 1. The Labute approximate surface area is 121 Å². The quantitative estimate of drug-likeness (QED) is 0.609. The predicted molar refractivity (Wildman–Crippen MR) is 71.3 cm³/mol. The maximum absolute atomic E-state index is 12.0. The summed E-state index contributed by atoms with van der Waals surface area (Å²) in [5, 5.41) is 17.4. The molecule has 0 radical (unpaired) electrons. The minimum atomic E-state index is -4.10. The second kappa shape index (κ2) is 6.83. The van der Waals surface area contributed by atoms with Crippen molar-refractivity contribution in [2.45, 2.75) is 23.8 Å². The molecule has 112 valence electrons. The molecule has 0 aliphatic carbocycles. The highest BCUT2D eigenvalue weighted by Crippen LogP contribution is 2.12. The van der Waals surface area contributed by atoms with E-state index in [0.29, 0.717) is 5.56 Å². The van der Waals surface area contributed by atoms with Crippen molar-refractivity contribution < 1.29 is 23.1 Å². The topological polar surface area (TPSA) is 150 Å². The van der Waals surface area contributed by atoms with Gasteiger partial charge < -0.3 is 10.8 Å². The number of nitrogens with two attached hydrogens (primary N) is 1. The van der Waals surface area contributed by atoms with Crippen LogP contribution in [0.15, 0.2) is 29.2 Å². The van der Waals surface area contributed by atoms with E-state index in [1.54, 1.807) is 0 Å². The van der Waals surface area contributed by atoms with Gasteiger partial charge in [-0.3, -0.25) is 9.59 Å². The number of carboxylic acids is 1. The Kier molecular flexibility index (Phi) is 5.40. The molecule has 0 aliphatic heterocycles. The summed E-state index contributed by atoms with van der Waals surface area (Å²) < 4.78 is 25.9. The van der Waals surface area contributed by atoms with Crippen LogP contribution in [0.5, 0.6) is 0 Å². The Bertz CT molecular complexity index is 676. The van der Waals surface area contributed by atoms with Crippen LogP contribution >= 0.6 is 0 Å². The van der Waals surface area contributed by atoms with Gasteiger partial charge in [0.15, 0.2) is 0 Å². The number of hydrogen-bond acceptors (Lipinski definition) is 5. The zero-order valence-electron chi connectivity index (χ0n) is 10.8. The molecule has 1 amide bonds. The van der Waals surface area contributed by atoms with Crippen LogP contribution in [-0.2, 0) is 26.0 Å². The van der Waals surface area contributed by atoms with E-state index in [0.717, 1.165) is 0 Å². The molecule has 1 rings (SSSR count). The number of amides is 1. The van der Waals surface area contributed by atoms with Crippen molar-refractivity contribution >= 4 is 21.9 Å². The minimum Gasteiger partial charge on any atom is -0.480 e. The highest BCUT2D eigenvalue weighted by molar-refractivity contribution is 7.89. The highest BCUT2D eigenvalue weighted by Gasteiger charge is 2.26. The number of rotatable bonds is 7. The van der Waals surface area contributed by atoms with Crippen LogP contribution in [0.2, 0.25) is 0 Å². The molecule has 0 heterocycles. The van der Waals surface area contributed by atoms with Crippen LogP contribution < -0.4 is 10.5 Å². The summed E-state index contributed by atoms with van der Waals surface area (Å²) in [4.78, 5) is 21.5. The molecule has 1 aromatic carbocycles. The number of aliphatic carboxylic acids is 1. The second-order valence-corrected chi connectivity index (χ2v) is 5.88. The van der Waals surface area contributed by atoms with Crippen molar-refractivity contribution in [1.29, 1.82) is 5.26 Å². The van der Waals surface area contributed by atoms with E-state index < -0.39 is 34.4 Å². The van der Waals surface area contributed by atoms with E-state index in [1.807, 2.05) is 10.8 Å². The van der Waals surface area contributed by atoms with Crippen LogP contribution in [0, 0.1) is 11.3 Å². The number of carbonyl (C=O) groups excluding carboxylic acids is 1. The molecule has 1 aromatic rings. The first-order chi connectivity index (χ1) is 9.76. The van der Waals surface area contributed by atoms with Gasteiger partial charge >= 0.3 is 5.97 Å². The van der Waals surface area contributed by atoms with Gasteiger partial charge in [-0.1, -0.05) is 12.1 Å². The van der Waals surface area contributed by atoms with Gasteiger partial charge in [-0.05, 0) is 17.7 Å². The molecule has 1 atom stereocenters. The van der Waals surface area contributed by atoms with Gasteiger partial charge in [-0.15, -0.1) is 0 Å². The Morgan fingerprint density at radius 2 is 1.90 bits per heavy atom. The first-order valence-electron chi connectivity index (χ1n) is 5.75. The van der Waals surface area contributed by atoms with Gasteiger partial charge in [0.1, 0.15) is 6.04 Å². The summed E-state index contributed by atoms with van der Waals surface area (Å²) in [6, 6.07) is 5.67. The number of nitriles is 1. The standard InChI is InChI=1S/C12H13N3O5S/c13-6-5-8-1-3-9(4-2-8)21(19,20)15-10(12(17)18)7-11(14)16/h1-4,10,15H,5,7H2,(H2,14,16)(H,17,18). The molecular weight excluding hydrogens is 298 g/mol. The number of carbonyl (C=O) groups is 2. The fraction of sp³-hybridized carbons (Fsp3) is 0.250. The van der Waals surface area contributed by atoms with Crippen LogP contribution in [0.3, 0.4) is 0 Å². The largest absolute Gasteiger partial charge is 0.480 e. The molecule has 4 N–H and O–H groups in total. The van der Waals surface area contributed by atoms with Crippen LogP contribution in [0.25, 0.3) is 0 Å². The van der Waals surface area contributed by atoms with Crippen LogP contribution in [0.1, 0.15) is 12.0 Å². The van der Waals surface area contributed by atoms with Gasteiger partial charge in [0.25, 0.3) is 0 Å². The number of hydrogen-bond donors (Lipinski definition) is 3. The lowest BCUT2D eigenvalue weighted by Crippen LogP contribution is -2.43. The number of benzene rings is 1. The maximum atomic E-state index is 12.0. The molecule has 0 saturated carbocycles. The second-order valence-electron chi connectivity index (χ2n) is 4.16.